The van der Waals surface area contributed by atoms with Crippen molar-refractivity contribution in [3.63, 3.8) is 0 Å². The first kappa shape index (κ1) is 26.2. The molecule has 0 amide bonds. The van der Waals surface area contributed by atoms with Gasteiger partial charge in [0.15, 0.2) is 0 Å². The maximum atomic E-state index is 12.7. The second kappa shape index (κ2) is 11.7. The summed E-state index contributed by atoms with van der Waals surface area (Å²) in [5.41, 5.74) is -0.136. The monoisotopic (exact) mass is 459 g/mol. The van der Waals surface area contributed by atoms with Gasteiger partial charge in [-0.1, -0.05) is 62.7 Å². The van der Waals surface area contributed by atoms with E-state index >= 15 is 0 Å². The number of hydrogen-bond donors (Lipinski definition) is 0. The molecule has 0 aliphatic carbocycles. The number of piperidine rings is 1. The van der Waals surface area contributed by atoms with Gasteiger partial charge in [0, 0.05) is 6.04 Å². The van der Waals surface area contributed by atoms with Crippen LogP contribution in [0.5, 0.6) is 0 Å². The van der Waals surface area contributed by atoms with Crippen molar-refractivity contribution in [2.75, 3.05) is 13.1 Å². The van der Waals surface area contributed by atoms with E-state index in [0.29, 0.717) is 5.92 Å². The van der Waals surface area contributed by atoms with Crippen LogP contribution in [0.4, 0.5) is 26.3 Å². The molecule has 2 aromatic carbocycles. The van der Waals surface area contributed by atoms with E-state index in [1.54, 1.807) is 18.2 Å². The molecule has 1 atom stereocenters. The van der Waals surface area contributed by atoms with Crippen LogP contribution in [0, 0.1) is 5.92 Å². The molecule has 1 aliphatic heterocycles. The highest BCUT2D eigenvalue weighted by Gasteiger charge is 2.31. The summed E-state index contributed by atoms with van der Waals surface area (Å²) in [4.78, 5) is 2.45. The molecule has 2 aromatic rings. The molecule has 0 bridgehead atoms. The van der Waals surface area contributed by atoms with Crippen molar-refractivity contribution < 1.29 is 26.3 Å². The third kappa shape index (κ3) is 8.49. The Labute approximate surface area is 186 Å². The highest BCUT2D eigenvalue weighted by atomic mass is 19.4. The average Bonchev–Trinajstić information content (AvgIpc) is 2.75. The Kier molecular flexibility index (Phi) is 9.62. The summed E-state index contributed by atoms with van der Waals surface area (Å²) in [6.07, 6.45) is -2.69. The molecular weight excluding hydrogens is 428 g/mol. The lowest BCUT2D eigenvalue weighted by Crippen LogP contribution is -2.34. The Morgan fingerprint density at radius 1 is 0.688 bits per heavy atom. The van der Waals surface area contributed by atoms with Crippen LogP contribution in [-0.2, 0) is 12.4 Å². The zero-order valence-electron chi connectivity index (χ0n) is 18.5. The Morgan fingerprint density at radius 2 is 1.19 bits per heavy atom. The fraction of sp³-hybridized carbons (Fsp3) is 0.520. The van der Waals surface area contributed by atoms with Crippen molar-refractivity contribution >= 4 is 0 Å². The molecule has 178 valence electrons. The average molecular weight is 460 g/mol. The molecule has 3 rings (SSSR count). The van der Waals surface area contributed by atoms with E-state index < -0.39 is 23.5 Å². The van der Waals surface area contributed by atoms with Crippen molar-refractivity contribution in [2.24, 2.45) is 5.92 Å². The molecule has 0 aromatic heterocycles. The van der Waals surface area contributed by atoms with Gasteiger partial charge in [-0.2, -0.15) is 26.3 Å². The molecular formula is C25H31F6N. The second-order valence-corrected chi connectivity index (χ2v) is 8.57. The second-order valence-electron chi connectivity index (χ2n) is 8.57. The number of halogens is 6. The van der Waals surface area contributed by atoms with Crippen molar-refractivity contribution in [1.29, 1.82) is 0 Å². The molecule has 1 heterocycles. The first-order valence-corrected chi connectivity index (χ1v) is 11.0. The quantitative estimate of drug-likeness (QED) is 0.406. The van der Waals surface area contributed by atoms with Crippen molar-refractivity contribution in [3.8, 4) is 0 Å². The van der Waals surface area contributed by atoms with Gasteiger partial charge in [-0.25, -0.2) is 0 Å². The van der Waals surface area contributed by atoms with E-state index in [2.05, 4.69) is 18.7 Å². The Morgan fingerprint density at radius 3 is 1.62 bits per heavy atom. The van der Waals surface area contributed by atoms with Gasteiger partial charge in [0.25, 0.3) is 0 Å². The fourth-order valence-electron chi connectivity index (χ4n) is 3.80. The summed E-state index contributed by atoms with van der Waals surface area (Å²) in [5.74, 6) is 0.613. The lowest BCUT2D eigenvalue weighted by molar-refractivity contribution is -0.138. The van der Waals surface area contributed by atoms with Crippen LogP contribution in [0.3, 0.4) is 0 Å². The van der Waals surface area contributed by atoms with Gasteiger partial charge in [-0.15, -0.1) is 0 Å². The molecule has 0 radical (unpaired) electrons. The van der Waals surface area contributed by atoms with Crippen LogP contribution in [0.2, 0.25) is 0 Å². The number of alkyl halides is 6. The van der Waals surface area contributed by atoms with Crippen LogP contribution in [-0.4, -0.2) is 18.0 Å². The SMILES string of the molecule is CC(C)CCC(c1ccc(C(F)(F)F)cc1)N1CCCCC1.FC(F)(F)c1ccccc1. The molecule has 32 heavy (non-hydrogen) atoms. The van der Waals surface area contributed by atoms with E-state index in [1.807, 2.05) is 0 Å². The molecule has 0 saturated carbocycles. The minimum Gasteiger partial charge on any atom is -0.296 e. The highest BCUT2D eigenvalue weighted by Crippen LogP contribution is 2.34. The number of nitrogens with zero attached hydrogens (tertiary/aromatic N) is 1. The number of likely N-dealkylation sites (tertiary alicyclic amines) is 1. The summed E-state index contributed by atoms with van der Waals surface area (Å²) < 4.78 is 73.5. The fourth-order valence-corrected chi connectivity index (χ4v) is 3.80. The smallest absolute Gasteiger partial charge is 0.296 e. The van der Waals surface area contributed by atoms with Crippen molar-refractivity contribution in [2.45, 2.75) is 64.3 Å². The summed E-state index contributed by atoms with van der Waals surface area (Å²) in [6, 6.07) is 12.4. The normalized spacial score (nSPS) is 16.4. The van der Waals surface area contributed by atoms with Crippen LogP contribution < -0.4 is 0 Å². The Balaban J connectivity index is 0.000000303. The summed E-state index contributed by atoms with van der Waals surface area (Å²) in [5, 5.41) is 0. The Hall–Kier alpha value is -2.02. The maximum absolute atomic E-state index is 12.7. The van der Waals surface area contributed by atoms with Gasteiger partial charge in [-0.05, 0) is 62.4 Å². The largest absolute Gasteiger partial charge is 0.416 e. The van der Waals surface area contributed by atoms with Crippen LogP contribution in [0.1, 0.15) is 68.7 Å². The van der Waals surface area contributed by atoms with Crippen LogP contribution in [0.25, 0.3) is 0 Å². The molecule has 1 saturated heterocycles. The number of benzene rings is 2. The van der Waals surface area contributed by atoms with Gasteiger partial charge in [-0.3, -0.25) is 4.90 Å². The van der Waals surface area contributed by atoms with Gasteiger partial charge in [0.05, 0.1) is 11.1 Å². The third-order valence-electron chi connectivity index (χ3n) is 5.57. The summed E-state index contributed by atoms with van der Waals surface area (Å²) in [6.45, 7) is 6.51. The van der Waals surface area contributed by atoms with Crippen LogP contribution >= 0.6 is 0 Å². The molecule has 1 aliphatic rings. The number of rotatable bonds is 5. The lowest BCUT2D eigenvalue weighted by atomic mass is 9.94. The van der Waals surface area contributed by atoms with Gasteiger partial charge >= 0.3 is 12.4 Å². The van der Waals surface area contributed by atoms with Gasteiger partial charge in [0.2, 0.25) is 0 Å². The van der Waals surface area contributed by atoms with Gasteiger partial charge < -0.3 is 0 Å². The summed E-state index contributed by atoms with van der Waals surface area (Å²) >= 11 is 0. The van der Waals surface area contributed by atoms with E-state index in [9.17, 15) is 26.3 Å². The summed E-state index contributed by atoms with van der Waals surface area (Å²) in [7, 11) is 0. The molecule has 7 heteroatoms. The van der Waals surface area contributed by atoms with E-state index in [4.69, 9.17) is 0 Å². The van der Waals surface area contributed by atoms with Crippen molar-refractivity contribution in [1.82, 2.24) is 4.90 Å². The molecule has 1 fully saturated rings. The van der Waals surface area contributed by atoms with Gasteiger partial charge in [0.1, 0.15) is 0 Å². The standard InChI is InChI=1S/C18H26F3N.C7H5F3/c1-14(2)6-11-17(22-12-4-3-5-13-22)15-7-9-16(10-8-15)18(19,20)21;8-7(9,10)6-4-2-1-3-5-6/h7-10,14,17H,3-6,11-13H2,1-2H3;1-5H. The predicted molar refractivity (Wildman–Crippen MR) is 115 cm³/mol. The molecule has 1 unspecified atom stereocenters. The zero-order valence-corrected chi connectivity index (χ0v) is 18.5. The van der Waals surface area contributed by atoms with E-state index in [-0.39, 0.29) is 6.04 Å². The maximum Gasteiger partial charge on any atom is 0.416 e. The molecule has 0 spiro atoms. The topological polar surface area (TPSA) is 3.24 Å². The first-order valence-electron chi connectivity index (χ1n) is 11.0. The lowest BCUT2D eigenvalue weighted by Gasteiger charge is -2.35. The molecule has 0 N–H and O–H groups in total. The zero-order chi connectivity index (χ0) is 23.8. The van der Waals surface area contributed by atoms with Crippen LogP contribution in [0.15, 0.2) is 54.6 Å². The first-order chi connectivity index (χ1) is 15.0. The van der Waals surface area contributed by atoms with E-state index in [1.165, 1.54) is 43.5 Å². The number of hydrogen-bond acceptors (Lipinski definition) is 1. The van der Waals surface area contributed by atoms with E-state index in [0.717, 1.165) is 43.6 Å². The highest BCUT2D eigenvalue weighted by molar-refractivity contribution is 5.27. The third-order valence-corrected chi connectivity index (χ3v) is 5.57. The predicted octanol–water partition coefficient (Wildman–Crippen LogP) is 8.37. The Bertz CT molecular complexity index is 775. The minimum absolute atomic E-state index is 0.255. The minimum atomic E-state index is -4.25. The molecule has 1 nitrogen and oxygen atoms in total. The van der Waals surface area contributed by atoms with Crippen molar-refractivity contribution in [3.05, 3.63) is 71.3 Å².